The van der Waals surface area contributed by atoms with Crippen LogP contribution in [0.5, 0.6) is 0 Å². The van der Waals surface area contributed by atoms with E-state index in [1.165, 1.54) is 5.56 Å². The predicted molar refractivity (Wildman–Crippen MR) is 86.3 cm³/mol. The zero-order valence-corrected chi connectivity index (χ0v) is 14.4. The third kappa shape index (κ3) is 2.26. The number of carbonyl (C=O) groups is 1. The number of amides is 1. The van der Waals surface area contributed by atoms with E-state index in [-0.39, 0.29) is 11.7 Å². The average Bonchev–Trinajstić information content (AvgIpc) is 3.07. The topological polar surface area (TPSA) is 50.2 Å². The second-order valence-electron chi connectivity index (χ2n) is 7.40. The van der Waals surface area contributed by atoms with Gasteiger partial charge in [-0.3, -0.25) is 14.8 Å². The summed E-state index contributed by atoms with van der Waals surface area (Å²) >= 11 is 0. The first kappa shape index (κ1) is 15.5. The van der Waals surface area contributed by atoms with Gasteiger partial charge in [0.2, 0.25) is 5.91 Å². The minimum absolute atomic E-state index is 0.0262. The molecule has 2 fully saturated rings. The molecule has 22 heavy (non-hydrogen) atoms. The van der Waals surface area contributed by atoms with Crippen molar-refractivity contribution in [3.05, 3.63) is 17.0 Å². The molecule has 5 heteroatoms. The zero-order chi connectivity index (χ0) is 16.1. The molecule has 1 aromatic heterocycles. The van der Waals surface area contributed by atoms with Gasteiger partial charge < -0.3 is 4.90 Å². The molecule has 2 heterocycles. The van der Waals surface area contributed by atoms with Crippen LogP contribution in [0, 0.1) is 19.8 Å². The van der Waals surface area contributed by atoms with Gasteiger partial charge in [-0.15, -0.1) is 0 Å². The fourth-order valence-corrected chi connectivity index (χ4v) is 4.13. The van der Waals surface area contributed by atoms with E-state index in [1.807, 2.05) is 18.7 Å². The summed E-state index contributed by atoms with van der Waals surface area (Å²) in [6.45, 7) is 9.28. The molecule has 0 bridgehead atoms. The van der Waals surface area contributed by atoms with E-state index in [0.29, 0.717) is 11.8 Å². The van der Waals surface area contributed by atoms with Crippen LogP contribution in [0.25, 0.3) is 0 Å². The Kier molecular flexibility index (Phi) is 3.79. The van der Waals surface area contributed by atoms with Crippen LogP contribution >= 0.6 is 0 Å². The molecule has 5 nitrogen and oxygen atoms in total. The first-order valence-electron chi connectivity index (χ1n) is 8.44. The zero-order valence-electron chi connectivity index (χ0n) is 14.4. The number of aromatic nitrogens is 2. The first-order valence-corrected chi connectivity index (χ1v) is 8.44. The van der Waals surface area contributed by atoms with E-state index in [9.17, 15) is 4.79 Å². The highest BCUT2D eigenvalue weighted by atomic mass is 16.2. The quantitative estimate of drug-likeness (QED) is 0.933. The van der Waals surface area contributed by atoms with Gasteiger partial charge in [0.1, 0.15) is 6.17 Å². The molecule has 1 N–H and O–H groups in total. The van der Waals surface area contributed by atoms with Crippen molar-refractivity contribution in [2.45, 2.75) is 65.1 Å². The number of aryl methyl sites for hydroxylation is 2. The lowest BCUT2D eigenvalue weighted by Crippen LogP contribution is -2.44. The number of hydrogen-bond donors (Lipinski definition) is 1. The monoisotopic (exact) mass is 304 g/mol. The summed E-state index contributed by atoms with van der Waals surface area (Å²) in [7, 11) is 1.97. The van der Waals surface area contributed by atoms with Gasteiger partial charge in [-0.05, 0) is 32.6 Å². The third-order valence-electron chi connectivity index (χ3n) is 5.25. The molecule has 1 atom stereocenters. The van der Waals surface area contributed by atoms with Crippen molar-refractivity contribution in [1.29, 1.82) is 0 Å². The Balaban J connectivity index is 2.02. The summed E-state index contributed by atoms with van der Waals surface area (Å²) in [5, 5.41) is 8.25. The van der Waals surface area contributed by atoms with Gasteiger partial charge in [0, 0.05) is 24.8 Å². The highest BCUT2D eigenvalue weighted by Crippen LogP contribution is 2.42. The van der Waals surface area contributed by atoms with Crippen LogP contribution in [0.1, 0.15) is 62.6 Å². The second kappa shape index (κ2) is 5.37. The van der Waals surface area contributed by atoms with Crippen molar-refractivity contribution in [1.82, 2.24) is 20.0 Å². The lowest BCUT2D eigenvalue weighted by molar-refractivity contribution is -0.133. The molecular weight excluding hydrogens is 276 g/mol. The van der Waals surface area contributed by atoms with Gasteiger partial charge in [-0.2, -0.15) is 5.10 Å². The van der Waals surface area contributed by atoms with Gasteiger partial charge in [0.05, 0.1) is 11.2 Å². The van der Waals surface area contributed by atoms with E-state index in [1.54, 1.807) is 0 Å². The molecule has 1 aromatic rings. The van der Waals surface area contributed by atoms with Crippen molar-refractivity contribution < 1.29 is 4.79 Å². The fraction of sp³-hybridized carbons (Fsp3) is 0.765. The van der Waals surface area contributed by atoms with E-state index >= 15 is 0 Å². The van der Waals surface area contributed by atoms with E-state index in [2.05, 4.69) is 36.1 Å². The fourth-order valence-electron chi connectivity index (χ4n) is 4.13. The van der Waals surface area contributed by atoms with Crippen LogP contribution in [0.3, 0.4) is 0 Å². The summed E-state index contributed by atoms with van der Waals surface area (Å²) in [4.78, 5) is 15.2. The largest absolute Gasteiger partial charge is 0.321 e. The summed E-state index contributed by atoms with van der Waals surface area (Å²) in [6.07, 6.45) is 4.20. The third-order valence-corrected chi connectivity index (χ3v) is 5.25. The Morgan fingerprint density at radius 3 is 2.45 bits per heavy atom. The second-order valence-corrected chi connectivity index (χ2v) is 7.40. The van der Waals surface area contributed by atoms with Gasteiger partial charge >= 0.3 is 0 Å². The predicted octanol–water partition coefficient (Wildman–Crippen LogP) is 2.44. The number of carbonyl (C=O) groups excluding carboxylic acids is 1. The van der Waals surface area contributed by atoms with E-state index < -0.39 is 0 Å². The first-order chi connectivity index (χ1) is 10.4. The number of hydrogen-bond acceptors (Lipinski definition) is 3. The van der Waals surface area contributed by atoms with Crippen molar-refractivity contribution in [2.24, 2.45) is 13.0 Å². The van der Waals surface area contributed by atoms with Gasteiger partial charge in [-0.25, -0.2) is 0 Å². The molecule has 1 unspecified atom stereocenters. The Labute approximate surface area is 133 Å². The maximum Gasteiger partial charge on any atom is 0.244 e. The number of nitrogens with one attached hydrogen (secondary N) is 1. The lowest BCUT2D eigenvalue weighted by atomic mass is 9.98. The van der Waals surface area contributed by atoms with Crippen LogP contribution < -0.4 is 5.32 Å². The Morgan fingerprint density at radius 2 is 1.95 bits per heavy atom. The van der Waals surface area contributed by atoms with Crippen molar-refractivity contribution >= 4 is 5.91 Å². The molecule has 0 radical (unpaired) electrons. The smallest absolute Gasteiger partial charge is 0.244 e. The van der Waals surface area contributed by atoms with E-state index in [0.717, 1.165) is 43.6 Å². The summed E-state index contributed by atoms with van der Waals surface area (Å²) in [5.74, 6) is 0.758. The average molecular weight is 304 g/mol. The Bertz CT molecular complexity index is 584. The normalized spacial score (nSPS) is 24.2. The molecule has 1 amide bonds. The van der Waals surface area contributed by atoms with Crippen molar-refractivity contribution in [3.63, 3.8) is 0 Å². The van der Waals surface area contributed by atoms with E-state index in [4.69, 9.17) is 0 Å². The maximum absolute atomic E-state index is 13.1. The van der Waals surface area contributed by atoms with Crippen LogP contribution in [-0.2, 0) is 11.8 Å². The molecule has 2 aliphatic rings. The molecule has 1 aliphatic heterocycles. The molecule has 1 saturated heterocycles. The molecule has 122 valence electrons. The number of rotatable bonds is 3. The van der Waals surface area contributed by atoms with Crippen LogP contribution in [0.4, 0.5) is 0 Å². The Morgan fingerprint density at radius 1 is 1.32 bits per heavy atom. The maximum atomic E-state index is 13.1. The summed E-state index contributed by atoms with van der Waals surface area (Å²) in [6, 6.07) is 0. The highest BCUT2D eigenvalue weighted by Gasteiger charge is 2.53. The van der Waals surface area contributed by atoms with Crippen molar-refractivity contribution in [3.8, 4) is 0 Å². The van der Waals surface area contributed by atoms with Crippen LogP contribution in [-0.4, -0.2) is 32.7 Å². The highest BCUT2D eigenvalue weighted by molar-refractivity contribution is 5.89. The van der Waals surface area contributed by atoms with Crippen LogP contribution in [0.2, 0.25) is 0 Å². The molecule has 0 aromatic carbocycles. The Hall–Kier alpha value is -1.36. The number of nitrogens with zero attached hydrogens (tertiary/aromatic N) is 3. The molecule has 1 spiro atoms. The molecule has 1 aliphatic carbocycles. The summed E-state index contributed by atoms with van der Waals surface area (Å²) < 4.78 is 1.92. The molecule has 1 saturated carbocycles. The SMILES string of the molecule is Cc1nn(C)c(C)c1C1NC2(CCCC2)C(=O)N1CC(C)C. The van der Waals surface area contributed by atoms with Gasteiger partial charge in [-0.1, -0.05) is 26.7 Å². The standard InChI is InChI=1S/C17H28N4O/c1-11(2)10-21-15(14-12(3)19-20(5)13(14)4)18-17(16(21)22)8-6-7-9-17/h11,15,18H,6-10H2,1-5H3. The summed E-state index contributed by atoms with van der Waals surface area (Å²) in [5.41, 5.74) is 3.02. The minimum Gasteiger partial charge on any atom is -0.321 e. The van der Waals surface area contributed by atoms with Gasteiger partial charge in [0.15, 0.2) is 0 Å². The molecule has 3 rings (SSSR count). The minimum atomic E-state index is -0.325. The van der Waals surface area contributed by atoms with Gasteiger partial charge in [0.25, 0.3) is 0 Å². The lowest BCUT2D eigenvalue weighted by Gasteiger charge is -2.26. The van der Waals surface area contributed by atoms with Crippen molar-refractivity contribution in [2.75, 3.05) is 6.54 Å². The van der Waals surface area contributed by atoms with Crippen LogP contribution in [0.15, 0.2) is 0 Å². The molecular formula is C17H28N4O.